The lowest BCUT2D eigenvalue weighted by atomic mass is 10.0. The van der Waals surface area contributed by atoms with E-state index in [-0.39, 0.29) is 18.5 Å². The molecule has 2 unspecified atom stereocenters. The van der Waals surface area contributed by atoms with Crippen molar-refractivity contribution in [1.29, 1.82) is 0 Å². The summed E-state index contributed by atoms with van der Waals surface area (Å²) in [6.45, 7) is 4.84. The molecule has 0 aromatic carbocycles. The highest BCUT2D eigenvalue weighted by atomic mass is 16.5. The third kappa shape index (κ3) is 47.6. The average Bonchev–Trinajstić information content (AvgIpc) is 3.27. The monoisotopic (exact) mass is 872 g/mol. The van der Waals surface area contributed by atoms with Crippen LogP contribution in [0.25, 0.3) is 0 Å². The standard InChI is InChI=1S/C56H105NO5/c1-3-5-7-9-11-13-15-17-19-20-21-23-24-28-32-36-40-44-48-54(59)53(52-58)57-55(60)49-45-41-37-33-29-26-27-31-35-39-43-47-51-62-56(61)50-46-42-38-34-30-25-22-18-16-14-12-10-8-6-4-2/h12,14,18,22,44,48,53-54,58-59H,3-11,13,15-17,19-21,23-43,45-47,49-52H2,1-2H3,(H,57,60)/b14-12-,22-18-,48-44+. The van der Waals surface area contributed by atoms with E-state index in [1.165, 1.54) is 186 Å². The zero-order chi connectivity index (χ0) is 45.1. The van der Waals surface area contributed by atoms with Gasteiger partial charge in [0.15, 0.2) is 0 Å². The van der Waals surface area contributed by atoms with Crippen molar-refractivity contribution in [3.05, 3.63) is 36.5 Å². The number of ether oxygens (including phenoxy) is 1. The van der Waals surface area contributed by atoms with Gasteiger partial charge in [0, 0.05) is 12.8 Å². The molecule has 0 fully saturated rings. The summed E-state index contributed by atoms with van der Waals surface area (Å²) in [4.78, 5) is 24.5. The molecule has 0 saturated heterocycles. The summed E-state index contributed by atoms with van der Waals surface area (Å²) < 4.78 is 5.46. The lowest BCUT2D eigenvalue weighted by Crippen LogP contribution is -2.45. The molecular formula is C56H105NO5. The zero-order valence-electron chi connectivity index (χ0n) is 41.4. The van der Waals surface area contributed by atoms with E-state index in [2.05, 4.69) is 43.5 Å². The van der Waals surface area contributed by atoms with Gasteiger partial charge in [-0.15, -0.1) is 0 Å². The van der Waals surface area contributed by atoms with Gasteiger partial charge in [0.25, 0.3) is 0 Å². The number of carbonyl (C=O) groups is 2. The molecule has 3 N–H and O–H groups in total. The van der Waals surface area contributed by atoms with Crippen LogP contribution in [-0.4, -0.2) is 47.4 Å². The van der Waals surface area contributed by atoms with Crippen molar-refractivity contribution in [2.45, 2.75) is 296 Å². The number of rotatable bonds is 50. The summed E-state index contributed by atoms with van der Waals surface area (Å²) in [5.74, 6) is -0.108. The molecule has 0 heterocycles. The maximum absolute atomic E-state index is 12.5. The van der Waals surface area contributed by atoms with Crippen LogP contribution in [0.1, 0.15) is 284 Å². The summed E-state index contributed by atoms with van der Waals surface area (Å²) in [7, 11) is 0. The summed E-state index contributed by atoms with van der Waals surface area (Å²) in [5, 5.41) is 23.1. The van der Waals surface area contributed by atoms with Crippen molar-refractivity contribution in [1.82, 2.24) is 5.32 Å². The molecule has 364 valence electrons. The molecule has 6 nitrogen and oxygen atoms in total. The Morgan fingerprint density at radius 1 is 0.452 bits per heavy atom. The smallest absolute Gasteiger partial charge is 0.305 e. The first kappa shape index (κ1) is 60.1. The highest BCUT2D eigenvalue weighted by molar-refractivity contribution is 5.76. The normalized spacial score (nSPS) is 12.9. The number of aliphatic hydroxyl groups is 2. The SMILES string of the molecule is CCCCC/C=C\C/C=C\CCCCCCCC(=O)OCCCCCCCCCCCCCCC(=O)NC(CO)C(O)/C=C/CCCCCCCCCCCCCCCCCC. The van der Waals surface area contributed by atoms with Gasteiger partial charge in [0.2, 0.25) is 5.91 Å². The first-order valence-corrected chi connectivity index (χ1v) is 27.3. The predicted octanol–water partition coefficient (Wildman–Crippen LogP) is 16.5. The van der Waals surface area contributed by atoms with Crippen LogP contribution in [0.3, 0.4) is 0 Å². The van der Waals surface area contributed by atoms with Crippen LogP contribution < -0.4 is 5.32 Å². The third-order valence-corrected chi connectivity index (χ3v) is 12.4. The third-order valence-electron chi connectivity index (χ3n) is 12.4. The number of hydrogen-bond donors (Lipinski definition) is 3. The topological polar surface area (TPSA) is 95.9 Å². The number of esters is 1. The Labute approximate surface area is 385 Å². The van der Waals surface area contributed by atoms with E-state index in [0.717, 1.165) is 70.6 Å². The van der Waals surface area contributed by atoms with Crippen molar-refractivity contribution in [2.24, 2.45) is 0 Å². The van der Waals surface area contributed by atoms with Gasteiger partial charge < -0.3 is 20.3 Å². The molecule has 0 saturated carbocycles. The number of hydrogen-bond acceptors (Lipinski definition) is 5. The molecule has 0 aromatic heterocycles. The summed E-state index contributed by atoms with van der Waals surface area (Å²) in [6, 6.07) is -0.641. The van der Waals surface area contributed by atoms with E-state index in [9.17, 15) is 19.8 Å². The minimum Gasteiger partial charge on any atom is -0.466 e. The Balaban J connectivity index is 3.51. The Morgan fingerprint density at radius 2 is 0.806 bits per heavy atom. The van der Waals surface area contributed by atoms with E-state index in [1.807, 2.05) is 6.08 Å². The molecule has 0 rings (SSSR count). The first-order valence-electron chi connectivity index (χ1n) is 27.3. The Bertz CT molecular complexity index is 1010. The van der Waals surface area contributed by atoms with Crippen molar-refractivity contribution in [3.8, 4) is 0 Å². The number of amides is 1. The average molecular weight is 872 g/mol. The van der Waals surface area contributed by atoms with Crippen molar-refractivity contribution >= 4 is 11.9 Å². The fraction of sp³-hybridized carbons (Fsp3) is 0.857. The van der Waals surface area contributed by atoms with Gasteiger partial charge in [-0.25, -0.2) is 0 Å². The Hall–Kier alpha value is -1.92. The van der Waals surface area contributed by atoms with Gasteiger partial charge in [-0.05, 0) is 64.2 Å². The molecule has 0 bridgehead atoms. The highest BCUT2D eigenvalue weighted by Crippen LogP contribution is 2.16. The molecule has 62 heavy (non-hydrogen) atoms. The van der Waals surface area contributed by atoms with Crippen LogP contribution in [0.15, 0.2) is 36.5 Å². The molecule has 1 amide bonds. The lowest BCUT2D eigenvalue weighted by Gasteiger charge is -2.20. The molecule has 0 aromatic rings. The van der Waals surface area contributed by atoms with Crippen LogP contribution in [0.2, 0.25) is 0 Å². The number of aliphatic hydroxyl groups excluding tert-OH is 2. The fourth-order valence-electron chi connectivity index (χ4n) is 8.19. The molecule has 0 aliphatic carbocycles. The zero-order valence-corrected chi connectivity index (χ0v) is 41.4. The first-order chi connectivity index (χ1) is 30.5. The minimum absolute atomic E-state index is 0.0249. The fourth-order valence-corrected chi connectivity index (χ4v) is 8.19. The maximum atomic E-state index is 12.5. The molecule has 2 atom stereocenters. The summed E-state index contributed by atoms with van der Waals surface area (Å²) >= 11 is 0. The highest BCUT2D eigenvalue weighted by Gasteiger charge is 2.18. The van der Waals surface area contributed by atoms with Crippen molar-refractivity contribution < 1.29 is 24.5 Å². The second-order valence-corrected chi connectivity index (χ2v) is 18.6. The molecule has 0 spiro atoms. The van der Waals surface area contributed by atoms with Crippen molar-refractivity contribution in [2.75, 3.05) is 13.2 Å². The number of unbranched alkanes of at least 4 members (excludes halogenated alkanes) is 35. The maximum Gasteiger partial charge on any atom is 0.305 e. The minimum atomic E-state index is -0.856. The number of nitrogens with one attached hydrogen (secondary N) is 1. The largest absolute Gasteiger partial charge is 0.466 e. The van der Waals surface area contributed by atoms with Gasteiger partial charge in [0.05, 0.1) is 25.4 Å². The quantitative estimate of drug-likeness (QED) is 0.0321. The second kappa shape index (κ2) is 51.7. The van der Waals surface area contributed by atoms with Crippen LogP contribution in [0.4, 0.5) is 0 Å². The van der Waals surface area contributed by atoms with Gasteiger partial charge >= 0.3 is 5.97 Å². The molecular weight excluding hydrogens is 767 g/mol. The second-order valence-electron chi connectivity index (χ2n) is 18.6. The van der Waals surface area contributed by atoms with E-state index >= 15 is 0 Å². The van der Waals surface area contributed by atoms with Gasteiger partial charge in [-0.1, -0.05) is 243 Å². The van der Waals surface area contributed by atoms with Crippen LogP contribution in [0.5, 0.6) is 0 Å². The van der Waals surface area contributed by atoms with Crippen LogP contribution in [-0.2, 0) is 14.3 Å². The number of allylic oxidation sites excluding steroid dienone is 5. The predicted molar refractivity (Wildman–Crippen MR) is 269 cm³/mol. The van der Waals surface area contributed by atoms with Crippen LogP contribution >= 0.6 is 0 Å². The van der Waals surface area contributed by atoms with Gasteiger partial charge in [-0.3, -0.25) is 9.59 Å². The molecule has 0 aliphatic rings. The van der Waals surface area contributed by atoms with Gasteiger partial charge in [-0.2, -0.15) is 0 Å². The van der Waals surface area contributed by atoms with E-state index in [0.29, 0.717) is 19.4 Å². The van der Waals surface area contributed by atoms with E-state index < -0.39 is 12.1 Å². The Kier molecular flexibility index (Phi) is 50.1. The molecule has 0 radical (unpaired) electrons. The van der Waals surface area contributed by atoms with E-state index in [1.54, 1.807) is 6.08 Å². The summed E-state index contributed by atoms with van der Waals surface area (Å²) in [6.07, 6.45) is 62.9. The van der Waals surface area contributed by atoms with Gasteiger partial charge in [0.1, 0.15) is 0 Å². The van der Waals surface area contributed by atoms with Crippen molar-refractivity contribution in [3.63, 3.8) is 0 Å². The lowest BCUT2D eigenvalue weighted by molar-refractivity contribution is -0.143. The molecule has 0 aliphatic heterocycles. The number of carbonyl (C=O) groups excluding carboxylic acids is 2. The molecule has 6 heteroatoms. The Morgan fingerprint density at radius 3 is 1.26 bits per heavy atom. The van der Waals surface area contributed by atoms with Crippen LogP contribution in [0, 0.1) is 0 Å². The van der Waals surface area contributed by atoms with E-state index in [4.69, 9.17) is 4.74 Å². The summed E-state index contributed by atoms with van der Waals surface area (Å²) in [5.41, 5.74) is 0.